The van der Waals surface area contributed by atoms with Gasteiger partial charge in [-0.05, 0) is 62.2 Å². The Bertz CT molecular complexity index is 1200. The van der Waals surface area contributed by atoms with Gasteiger partial charge in [-0.2, -0.15) is 5.01 Å². The zero-order valence-electron chi connectivity index (χ0n) is 17.6. The molecule has 2 aliphatic rings. The molecule has 0 saturated carbocycles. The number of benzene rings is 2. The second-order valence-corrected chi connectivity index (χ2v) is 8.93. The molecule has 3 amide bonds. The molecule has 1 heterocycles. The van der Waals surface area contributed by atoms with Crippen molar-refractivity contribution < 1.29 is 23.6 Å². The standard InChI is InChI=1S/C24H19Cl2FN2O4/c1-13-2-8-17-18(10-13)24(33)29(23(17)32)28(12-21(30)14-3-6-16(27)7-4-14)22(31)15-5-9-19(25)20(26)11-15/h2-7,9,11,17-18H,8,10,12H2,1H3/t17-,18-/m0/s1. The predicted octanol–water partition coefficient (Wildman–Crippen LogP) is 4.71. The van der Waals surface area contributed by atoms with E-state index < -0.39 is 47.7 Å². The molecule has 33 heavy (non-hydrogen) atoms. The highest BCUT2D eigenvalue weighted by Crippen LogP contribution is 2.38. The van der Waals surface area contributed by atoms with Gasteiger partial charge >= 0.3 is 0 Å². The lowest BCUT2D eigenvalue weighted by molar-refractivity contribution is -0.154. The maximum Gasteiger partial charge on any atom is 0.273 e. The van der Waals surface area contributed by atoms with Crippen molar-refractivity contribution in [1.29, 1.82) is 0 Å². The van der Waals surface area contributed by atoms with E-state index in [9.17, 15) is 23.6 Å². The molecule has 0 N–H and O–H groups in total. The number of rotatable bonds is 5. The van der Waals surface area contributed by atoms with Crippen molar-refractivity contribution in [3.05, 3.63) is 81.1 Å². The maximum absolute atomic E-state index is 13.4. The number of allylic oxidation sites excluding steroid dienone is 2. The van der Waals surface area contributed by atoms with Gasteiger partial charge in [-0.3, -0.25) is 19.2 Å². The number of ketones is 1. The van der Waals surface area contributed by atoms with Crippen LogP contribution in [0.5, 0.6) is 0 Å². The van der Waals surface area contributed by atoms with Crippen LogP contribution in [0.25, 0.3) is 0 Å². The fourth-order valence-corrected chi connectivity index (χ4v) is 4.43. The average molecular weight is 489 g/mol. The molecular formula is C24H19Cl2FN2O4. The molecule has 1 fully saturated rings. The highest BCUT2D eigenvalue weighted by atomic mass is 35.5. The highest BCUT2D eigenvalue weighted by molar-refractivity contribution is 6.42. The molecular weight excluding hydrogens is 470 g/mol. The number of hydrazine groups is 1. The summed E-state index contributed by atoms with van der Waals surface area (Å²) in [4.78, 5) is 52.8. The van der Waals surface area contributed by atoms with Crippen molar-refractivity contribution in [2.75, 3.05) is 6.54 Å². The first-order chi connectivity index (χ1) is 15.7. The molecule has 2 aromatic carbocycles. The minimum absolute atomic E-state index is 0.0566. The molecule has 1 saturated heterocycles. The van der Waals surface area contributed by atoms with Gasteiger partial charge in [0.15, 0.2) is 5.78 Å². The van der Waals surface area contributed by atoms with Crippen LogP contribution < -0.4 is 0 Å². The quantitative estimate of drug-likeness (QED) is 0.346. The normalized spacial score (nSPS) is 19.9. The molecule has 0 spiro atoms. The van der Waals surface area contributed by atoms with E-state index >= 15 is 0 Å². The Morgan fingerprint density at radius 1 is 1.00 bits per heavy atom. The number of nitrogens with zero attached hydrogens (tertiary/aromatic N) is 2. The molecule has 6 nitrogen and oxygen atoms in total. The first-order valence-corrected chi connectivity index (χ1v) is 11.0. The van der Waals surface area contributed by atoms with E-state index in [2.05, 4.69) is 0 Å². The Kier molecular flexibility index (Phi) is 6.36. The molecule has 170 valence electrons. The topological polar surface area (TPSA) is 74.8 Å². The van der Waals surface area contributed by atoms with Crippen LogP contribution in [0.3, 0.4) is 0 Å². The van der Waals surface area contributed by atoms with Crippen molar-refractivity contribution >= 4 is 46.7 Å². The van der Waals surface area contributed by atoms with Crippen LogP contribution in [0, 0.1) is 17.7 Å². The summed E-state index contributed by atoms with van der Waals surface area (Å²) in [5, 5.41) is 1.97. The van der Waals surface area contributed by atoms with Crippen LogP contribution >= 0.6 is 23.2 Å². The van der Waals surface area contributed by atoms with E-state index in [1.54, 1.807) is 0 Å². The van der Waals surface area contributed by atoms with Crippen molar-refractivity contribution in [2.24, 2.45) is 11.8 Å². The fourth-order valence-electron chi connectivity index (χ4n) is 4.13. The molecule has 0 unspecified atom stereocenters. The second-order valence-electron chi connectivity index (χ2n) is 8.11. The number of halogens is 3. The van der Waals surface area contributed by atoms with Gasteiger partial charge in [-0.25, -0.2) is 9.40 Å². The molecule has 0 aromatic heterocycles. The predicted molar refractivity (Wildman–Crippen MR) is 120 cm³/mol. The van der Waals surface area contributed by atoms with Crippen molar-refractivity contribution in [2.45, 2.75) is 19.8 Å². The third-order valence-corrected chi connectivity index (χ3v) is 6.64. The minimum atomic E-state index is -0.756. The third-order valence-electron chi connectivity index (χ3n) is 5.90. The monoisotopic (exact) mass is 488 g/mol. The molecule has 9 heteroatoms. The summed E-state index contributed by atoms with van der Waals surface area (Å²) >= 11 is 12.0. The van der Waals surface area contributed by atoms with Crippen LogP contribution in [0.1, 0.15) is 40.5 Å². The summed E-state index contributed by atoms with van der Waals surface area (Å²) in [7, 11) is 0. The fraction of sp³-hybridized carbons (Fsp3) is 0.250. The van der Waals surface area contributed by atoms with Crippen molar-refractivity contribution in [3.63, 3.8) is 0 Å². The van der Waals surface area contributed by atoms with Gasteiger partial charge < -0.3 is 0 Å². The van der Waals surface area contributed by atoms with Crippen LogP contribution in [0.15, 0.2) is 54.1 Å². The Morgan fingerprint density at radius 3 is 2.30 bits per heavy atom. The maximum atomic E-state index is 13.4. The molecule has 0 radical (unpaired) electrons. The Balaban J connectivity index is 1.71. The van der Waals surface area contributed by atoms with Crippen LogP contribution in [-0.4, -0.2) is 40.1 Å². The Hall–Kier alpha value is -3.03. The lowest BCUT2D eigenvalue weighted by Gasteiger charge is -2.30. The number of amides is 3. The van der Waals surface area contributed by atoms with Gasteiger partial charge in [0.05, 0.1) is 21.9 Å². The van der Waals surface area contributed by atoms with Crippen LogP contribution in [0.2, 0.25) is 10.0 Å². The van der Waals surface area contributed by atoms with Gasteiger partial charge in [0.2, 0.25) is 0 Å². The van der Waals surface area contributed by atoms with Crippen LogP contribution in [0.4, 0.5) is 4.39 Å². The number of fused-ring (bicyclic) bond motifs is 1. The van der Waals surface area contributed by atoms with Crippen molar-refractivity contribution in [3.8, 4) is 0 Å². The summed E-state index contributed by atoms with van der Waals surface area (Å²) in [6.07, 6.45) is 2.70. The number of imide groups is 1. The van der Waals surface area contributed by atoms with Gasteiger partial charge in [-0.1, -0.05) is 34.9 Å². The van der Waals surface area contributed by atoms with E-state index in [0.29, 0.717) is 12.8 Å². The van der Waals surface area contributed by atoms with E-state index in [-0.39, 0.29) is 21.2 Å². The highest BCUT2D eigenvalue weighted by Gasteiger charge is 2.51. The zero-order valence-corrected chi connectivity index (χ0v) is 19.1. The van der Waals surface area contributed by atoms with Gasteiger partial charge in [-0.15, -0.1) is 0 Å². The zero-order chi connectivity index (χ0) is 23.9. The number of carbonyl (C=O) groups excluding carboxylic acids is 4. The third kappa shape index (κ3) is 4.43. The molecule has 0 bridgehead atoms. The average Bonchev–Trinajstić information content (AvgIpc) is 3.03. The molecule has 2 aromatic rings. The lowest BCUT2D eigenvalue weighted by Crippen LogP contribution is -2.52. The number of Topliss-reactive ketones (excluding diaryl/α,β-unsaturated/α-hetero) is 1. The van der Waals surface area contributed by atoms with Gasteiger partial charge in [0.1, 0.15) is 12.4 Å². The van der Waals surface area contributed by atoms with Crippen LogP contribution in [-0.2, 0) is 9.59 Å². The Labute approximate surface area is 199 Å². The van der Waals surface area contributed by atoms with Gasteiger partial charge in [0, 0.05) is 11.1 Å². The lowest BCUT2D eigenvalue weighted by atomic mass is 9.82. The first kappa shape index (κ1) is 23.1. The summed E-state index contributed by atoms with van der Waals surface area (Å²) in [6.45, 7) is 1.29. The first-order valence-electron chi connectivity index (χ1n) is 10.3. The number of hydrogen-bond acceptors (Lipinski definition) is 4. The summed E-state index contributed by atoms with van der Waals surface area (Å²) in [5.41, 5.74) is 1.18. The molecule has 2 atom stereocenters. The van der Waals surface area contributed by atoms with E-state index in [1.807, 2.05) is 13.0 Å². The second kappa shape index (κ2) is 9.08. The number of hydrogen-bond donors (Lipinski definition) is 0. The molecule has 1 aliphatic carbocycles. The number of carbonyl (C=O) groups is 4. The molecule has 4 rings (SSSR count). The minimum Gasteiger partial charge on any atom is -0.292 e. The Morgan fingerprint density at radius 2 is 1.64 bits per heavy atom. The van der Waals surface area contributed by atoms with Crippen molar-refractivity contribution in [1.82, 2.24) is 10.0 Å². The summed E-state index contributed by atoms with van der Waals surface area (Å²) in [6, 6.07) is 8.92. The van der Waals surface area contributed by atoms with E-state index in [4.69, 9.17) is 23.2 Å². The largest absolute Gasteiger partial charge is 0.292 e. The van der Waals surface area contributed by atoms with Gasteiger partial charge in [0.25, 0.3) is 17.7 Å². The van der Waals surface area contributed by atoms with E-state index in [1.165, 1.54) is 30.3 Å². The van der Waals surface area contributed by atoms with E-state index in [0.717, 1.165) is 27.7 Å². The summed E-state index contributed by atoms with van der Waals surface area (Å²) in [5.74, 6) is -4.08. The SMILES string of the molecule is CC1=CC[C@@H]2C(=O)N(N(CC(=O)c3ccc(F)cc3)C(=O)c3ccc(Cl)c(Cl)c3)C(=O)[C@H]2C1. The summed E-state index contributed by atoms with van der Waals surface area (Å²) < 4.78 is 13.3. The smallest absolute Gasteiger partial charge is 0.273 e. The molecule has 1 aliphatic heterocycles.